The molecule has 0 aromatic carbocycles. The van der Waals surface area contributed by atoms with Gasteiger partial charge in [-0.1, -0.05) is 0 Å². The maximum atomic E-state index is 12.3. The van der Waals surface area contributed by atoms with Gasteiger partial charge in [0.1, 0.15) is 0 Å². The number of carbonyl (C=O) groups is 1. The molecule has 1 aliphatic heterocycles. The van der Waals surface area contributed by atoms with Gasteiger partial charge in [-0.05, 0) is 32.4 Å². The van der Waals surface area contributed by atoms with Crippen LogP contribution < -0.4 is 10.9 Å². The fourth-order valence-electron chi connectivity index (χ4n) is 2.54. The van der Waals surface area contributed by atoms with Gasteiger partial charge < -0.3 is 15.3 Å². The number of piperidine rings is 1. The lowest BCUT2D eigenvalue weighted by Gasteiger charge is -2.32. The second kappa shape index (κ2) is 5.88. The number of pyridine rings is 1. The van der Waals surface area contributed by atoms with E-state index in [4.69, 9.17) is 0 Å². The molecule has 0 spiro atoms. The third-order valence-corrected chi connectivity index (χ3v) is 3.38. The molecule has 2 heterocycles. The Morgan fingerprint density at radius 3 is 3.05 bits per heavy atom. The molecule has 0 radical (unpaired) electrons. The van der Waals surface area contributed by atoms with E-state index in [1.54, 1.807) is 4.90 Å². The number of likely N-dealkylation sites (tertiary alicyclic amines) is 1. The Labute approximate surface area is 111 Å². The monoisotopic (exact) mass is 265 g/mol. The zero-order valence-electron chi connectivity index (χ0n) is 11.0. The summed E-state index contributed by atoms with van der Waals surface area (Å²) in [6.07, 6.45) is 2.07. The minimum atomic E-state index is -0.466. The van der Waals surface area contributed by atoms with Crippen molar-refractivity contribution in [3.8, 4) is 5.88 Å². The van der Waals surface area contributed by atoms with Crippen molar-refractivity contribution >= 4 is 5.91 Å². The van der Waals surface area contributed by atoms with Gasteiger partial charge in [-0.3, -0.25) is 14.6 Å². The zero-order valence-corrected chi connectivity index (χ0v) is 11.0. The van der Waals surface area contributed by atoms with E-state index in [0.29, 0.717) is 19.0 Å². The molecule has 1 atom stereocenters. The van der Waals surface area contributed by atoms with Crippen LogP contribution in [0.4, 0.5) is 0 Å². The SMILES string of the molecule is CNCC1CCCN(C(=O)c2cc(O)[nH]c(=O)c2)C1. The predicted octanol–water partition coefficient (Wildman–Crippen LogP) is 0.152. The number of hydrogen-bond acceptors (Lipinski definition) is 4. The average molecular weight is 265 g/mol. The van der Waals surface area contributed by atoms with Crippen molar-refractivity contribution in [1.82, 2.24) is 15.2 Å². The lowest BCUT2D eigenvalue weighted by Crippen LogP contribution is -2.42. The van der Waals surface area contributed by atoms with E-state index in [0.717, 1.165) is 19.4 Å². The van der Waals surface area contributed by atoms with Crippen LogP contribution in [0.5, 0.6) is 5.88 Å². The van der Waals surface area contributed by atoms with E-state index in [2.05, 4.69) is 10.3 Å². The fraction of sp³-hybridized carbons (Fsp3) is 0.538. The second-order valence-electron chi connectivity index (χ2n) is 4.94. The van der Waals surface area contributed by atoms with Crippen LogP contribution >= 0.6 is 0 Å². The standard InChI is InChI=1S/C13H19N3O3/c1-14-7-9-3-2-4-16(8-9)13(19)10-5-11(17)15-12(18)6-10/h5-6,9,14H,2-4,7-8H2,1H3,(H2,15,17,18). The first kappa shape index (κ1) is 13.6. The fourth-order valence-corrected chi connectivity index (χ4v) is 2.54. The number of aromatic amines is 1. The summed E-state index contributed by atoms with van der Waals surface area (Å²) in [4.78, 5) is 27.5. The lowest BCUT2D eigenvalue weighted by molar-refractivity contribution is 0.0673. The minimum absolute atomic E-state index is 0.192. The van der Waals surface area contributed by atoms with Gasteiger partial charge in [0.05, 0.1) is 5.56 Å². The van der Waals surface area contributed by atoms with Crippen LogP contribution in [-0.2, 0) is 0 Å². The Morgan fingerprint density at radius 2 is 2.37 bits per heavy atom. The molecule has 19 heavy (non-hydrogen) atoms. The third-order valence-electron chi connectivity index (χ3n) is 3.38. The first-order valence-corrected chi connectivity index (χ1v) is 6.47. The summed E-state index contributed by atoms with van der Waals surface area (Å²) in [7, 11) is 1.90. The number of nitrogens with one attached hydrogen (secondary N) is 2. The molecule has 104 valence electrons. The number of aromatic nitrogens is 1. The van der Waals surface area contributed by atoms with Gasteiger partial charge in [0.15, 0.2) is 5.88 Å². The molecule has 1 amide bonds. The Morgan fingerprint density at radius 1 is 1.58 bits per heavy atom. The maximum absolute atomic E-state index is 12.3. The van der Waals surface area contributed by atoms with Crippen LogP contribution in [0.25, 0.3) is 0 Å². The van der Waals surface area contributed by atoms with E-state index in [1.807, 2.05) is 7.05 Å². The molecule has 6 nitrogen and oxygen atoms in total. The predicted molar refractivity (Wildman–Crippen MR) is 71.3 cm³/mol. The van der Waals surface area contributed by atoms with Crippen molar-refractivity contribution in [2.45, 2.75) is 12.8 Å². The molecule has 1 fully saturated rings. The molecule has 6 heteroatoms. The van der Waals surface area contributed by atoms with E-state index >= 15 is 0 Å². The van der Waals surface area contributed by atoms with Crippen molar-refractivity contribution in [1.29, 1.82) is 0 Å². The van der Waals surface area contributed by atoms with Gasteiger partial charge in [0.2, 0.25) is 0 Å². The molecule has 1 saturated heterocycles. The smallest absolute Gasteiger partial charge is 0.254 e. The highest BCUT2D eigenvalue weighted by molar-refractivity contribution is 5.94. The van der Waals surface area contributed by atoms with Crippen molar-refractivity contribution in [2.24, 2.45) is 5.92 Å². The normalized spacial score (nSPS) is 19.4. The van der Waals surface area contributed by atoms with Crippen LogP contribution in [0.2, 0.25) is 0 Å². The molecule has 0 bridgehead atoms. The summed E-state index contributed by atoms with van der Waals surface area (Å²) in [6.45, 7) is 2.27. The van der Waals surface area contributed by atoms with Crippen LogP contribution in [0, 0.1) is 5.92 Å². The Hall–Kier alpha value is -1.82. The van der Waals surface area contributed by atoms with Crippen LogP contribution in [0.1, 0.15) is 23.2 Å². The summed E-state index contributed by atoms with van der Waals surface area (Å²) in [5.41, 5.74) is -0.224. The molecule has 3 N–H and O–H groups in total. The van der Waals surface area contributed by atoms with Gasteiger partial charge in [0, 0.05) is 25.2 Å². The molecule has 0 aliphatic carbocycles. The van der Waals surface area contributed by atoms with E-state index < -0.39 is 5.56 Å². The average Bonchev–Trinajstić information content (AvgIpc) is 2.37. The number of hydrogen-bond donors (Lipinski definition) is 3. The van der Waals surface area contributed by atoms with Crippen molar-refractivity contribution in [2.75, 3.05) is 26.7 Å². The molecular formula is C13H19N3O3. The number of H-pyrrole nitrogens is 1. The first-order chi connectivity index (χ1) is 9.10. The zero-order chi connectivity index (χ0) is 13.8. The highest BCUT2D eigenvalue weighted by Gasteiger charge is 2.24. The molecule has 1 aliphatic rings. The van der Waals surface area contributed by atoms with Gasteiger partial charge in [-0.2, -0.15) is 0 Å². The highest BCUT2D eigenvalue weighted by Crippen LogP contribution is 2.18. The number of amides is 1. The van der Waals surface area contributed by atoms with Gasteiger partial charge in [-0.15, -0.1) is 0 Å². The van der Waals surface area contributed by atoms with Crippen molar-refractivity contribution < 1.29 is 9.90 Å². The number of nitrogens with zero attached hydrogens (tertiary/aromatic N) is 1. The molecule has 1 unspecified atom stereocenters. The Kier molecular flexibility index (Phi) is 4.21. The van der Waals surface area contributed by atoms with Crippen LogP contribution in [-0.4, -0.2) is 47.6 Å². The molecule has 0 saturated carbocycles. The van der Waals surface area contributed by atoms with Gasteiger partial charge in [-0.25, -0.2) is 0 Å². The summed E-state index contributed by atoms with van der Waals surface area (Å²) < 4.78 is 0. The maximum Gasteiger partial charge on any atom is 0.254 e. The minimum Gasteiger partial charge on any atom is -0.494 e. The number of carbonyl (C=O) groups excluding carboxylic acids is 1. The number of rotatable bonds is 3. The summed E-state index contributed by atoms with van der Waals surface area (Å²) in [6, 6.07) is 2.52. The molecular weight excluding hydrogens is 246 g/mol. The number of aromatic hydroxyl groups is 1. The summed E-state index contributed by atoms with van der Waals surface area (Å²) in [5, 5.41) is 12.5. The summed E-state index contributed by atoms with van der Waals surface area (Å²) >= 11 is 0. The Balaban J connectivity index is 2.12. The van der Waals surface area contributed by atoms with Crippen LogP contribution in [0.3, 0.4) is 0 Å². The highest BCUT2D eigenvalue weighted by atomic mass is 16.3. The second-order valence-corrected chi connectivity index (χ2v) is 4.94. The first-order valence-electron chi connectivity index (χ1n) is 6.47. The van der Waals surface area contributed by atoms with Gasteiger partial charge >= 0.3 is 0 Å². The van der Waals surface area contributed by atoms with Gasteiger partial charge in [0.25, 0.3) is 11.5 Å². The molecule has 1 aromatic heterocycles. The third kappa shape index (κ3) is 3.35. The van der Waals surface area contributed by atoms with E-state index in [-0.39, 0.29) is 17.4 Å². The lowest BCUT2D eigenvalue weighted by atomic mass is 9.97. The van der Waals surface area contributed by atoms with Crippen molar-refractivity contribution in [3.05, 3.63) is 28.0 Å². The Bertz CT molecular complexity index is 510. The molecule has 2 rings (SSSR count). The topological polar surface area (TPSA) is 85.4 Å². The quantitative estimate of drug-likeness (QED) is 0.726. The van der Waals surface area contributed by atoms with E-state index in [1.165, 1.54) is 12.1 Å². The largest absolute Gasteiger partial charge is 0.494 e. The van der Waals surface area contributed by atoms with Crippen molar-refractivity contribution in [3.63, 3.8) is 0 Å². The van der Waals surface area contributed by atoms with Crippen LogP contribution in [0.15, 0.2) is 16.9 Å². The van der Waals surface area contributed by atoms with E-state index in [9.17, 15) is 14.7 Å². The molecule has 1 aromatic rings. The summed E-state index contributed by atoms with van der Waals surface area (Å²) in [5.74, 6) is -0.0277.